The molecule has 5 heteroatoms. The van der Waals surface area contributed by atoms with Crippen LogP contribution in [0.4, 0.5) is 4.79 Å². The number of benzene rings is 2. The molecule has 0 bridgehead atoms. The topological polar surface area (TPSA) is 37.4 Å². The molecule has 1 saturated heterocycles. The Bertz CT molecular complexity index is 882. The van der Waals surface area contributed by atoms with Crippen molar-refractivity contribution in [3.05, 3.63) is 75.1 Å². The lowest BCUT2D eigenvalue weighted by atomic mass is 9.87. The molecule has 3 rings (SSSR count). The Labute approximate surface area is 163 Å². The fourth-order valence-corrected chi connectivity index (χ4v) is 3.74. The van der Waals surface area contributed by atoms with Gasteiger partial charge < -0.3 is 0 Å². The summed E-state index contributed by atoms with van der Waals surface area (Å²) in [5, 5.41) is 0.330. The van der Waals surface area contributed by atoms with Crippen molar-refractivity contribution >= 4 is 40.6 Å². The van der Waals surface area contributed by atoms with Gasteiger partial charge >= 0.3 is 0 Å². The average molecular weight is 386 g/mol. The van der Waals surface area contributed by atoms with E-state index in [-0.39, 0.29) is 23.1 Å². The number of hydrogen-bond acceptors (Lipinski definition) is 3. The molecule has 0 spiro atoms. The van der Waals surface area contributed by atoms with E-state index in [1.165, 1.54) is 10.5 Å². The number of rotatable bonds is 3. The van der Waals surface area contributed by atoms with E-state index in [2.05, 4.69) is 32.9 Å². The molecular formula is C21H20ClNO2S. The maximum absolute atomic E-state index is 12.6. The van der Waals surface area contributed by atoms with E-state index in [4.69, 9.17) is 11.6 Å². The van der Waals surface area contributed by atoms with Crippen LogP contribution in [-0.4, -0.2) is 16.0 Å². The van der Waals surface area contributed by atoms with Gasteiger partial charge in [-0.1, -0.05) is 68.8 Å². The summed E-state index contributed by atoms with van der Waals surface area (Å²) in [5.74, 6) is -0.264. The van der Waals surface area contributed by atoms with Crippen LogP contribution in [0.3, 0.4) is 0 Å². The highest BCUT2D eigenvalue weighted by Crippen LogP contribution is 2.33. The van der Waals surface area contributed by atoms with Gasteiger partial charge in [0.15, 0.2) is 0 Å². The van der Waals surface area contributed by atoms with Crippen LogP contribution in [-0.2, 0) is 16.8 Å². The molecule has 26 heavy (non-hydrogen) atoms. The summed E-state index contributed by atoms with van der Waals surface area (Å²) in [5.41, 5.74) is 3.04. The molecule has 1 aliphatic heterocycles. The van der Waals surface area contributed by atoms with Gasteiger partial charge in [0, 0.05) is 5.02 Å². The van der Waals surface area contributed by atoms with E-state index in [0.29, 0.717) is 9.93 Å². The molecule has 134 valence electrons. The summed E-state index contributed by atoms with van der Waals surface area (Å²) >= 11 is 6.95. The number of thioether (sulfide) groups is 1. The Morgan fingerprint density at radius 2 is 1.77 bits per heavy atom. The second kappa shape index (κ2) is 7.29. The Hall–Kier alpha value is -2.04. The van der Waals surface area contributed by atoms with Gasteiger partial charge in [-0.25, -0.2) is 0 Å². The SMILES string of the molecule is CC(C)(C)c1ccc(/C=C2\SC(=O)N(Cc3cccc(Cl)c3)C2=O)cc1. The van der Waals surface area contributed by atoms with E-state index in [9.17, 15) is 9.59 Å². The Balaban J connectivity index is 1.78. The summed E-state index contributed by atoms with van der Waals surface area (Å²) in [6.07, 6.45) is 1.77. The molecule has 2 aromatic rings. The average Bonchev–Trinajstić information content (AvgIpc) is 2.82. The summed E-state index contributed by atoms with van der Waals surface area (Å²) in [4.78, 5) is 26.6. The van der Waals surface area contributed by atoms with Crippen molar-refractivity contribution in [2.75, 3.05) is 0 Å². The number of imide groups is 1. The molecule has 2 aromatic carbocycles. The first-order valence-electron chi connectivity index (χ1n) is 8.34. The molecule has 0 radical (unpaired) electrons. The minimum atomic E-state index is -0.264. The first-order valence-corrected chi connectivity index (χ1v) is 9.54. The zero-order valence-corrected chi connectivity index (χ0v) is 16.5. The fraction of sp³-hybridized carbons (Fsp3) is 0.238. The monoisotopic (exact) mass is 385 g/mol. The summed E-state index contributed by atoms with van der Waals surface area (Å²) in [6, 6.07) is 15.3. The van der Waals surface area contributed by atoms with Crippen LogP contribution in [0.25, 0.3) is 6.08 Å². The smallest absolute Gasteiger partial charge is 0.268 e. The number of hydrogen-bond donors (Lipinski definition) is 0. The third kappa shape index (κ3) is 4.19. The highest BCUT2D eigenvalue weighted by atomic mass is 35.5. The van der Waals surface area contributed by atoms with Gasteiger partial charge in [-0.2, -0.15) is 0 Å². The van der Waals surface area contributed by atoms with E-state index >= 15 is 0 Å². The lowest BCUT2D eigenvalue weighted by Gasteiger charge is -2.18. The van der Waals surface area contributed by atoms with Gasteiger partial charge in [0.25, 0.3) is 11.1 Å². The number of nitrogens with zero attached hydrogens (tertiary/aromatic N) is 1. The summed E-state index contributed by atoms with van der Waals surface area (Å²) < 4.78 is 0. The fourth-order valence-electron chi connectivity index (χ4n) is 2.68. The normalized spacial score (nSPS) is 16.6. The highest BCUT2D eigenvalue weighted by Gasteiger charge is 2.35. The number of halogens is 1. The minimum absolute atomic E-state index is 0.0767. The first kappa shape index (κ1) is 18.7. The lowest BCUT2D eigenvalue weighted by molar-refractivity contribution is -0.123. The molecule has 0 aromatic heterocycles. The second-order valence-electron chi connectivity index (χ2n) is 7.27. The van der Waals surface area contributed by atoms with Gasteiger partial charge in [-0.05, 0) is 52.1 Å². The van der Waals surface area contributed by atoms with E-state index in [1.807, 2.05) is 24.3 Å². The molecule has 0 unspecified atom stereocenters. The van der Waals surface area contributed by atoms with E-state index in [1.54, 1.807) is 18.2 Å². The predicted octanol–water partition coefficient (Wildman–Crippen LogP) is 5.87. The molecule has 0 atom stereocenters. The van der Waals surface area contributed by atoms with Gasteiger partial charge in [0.2, 0.25) is 0 Å². The van der Waals surface area contributed by atoms with Crippen LogP contribution in [0.15, 0.2) is 53.4 Å². The van der Waals surface area contributed by atoms with Crippen LogP contribution < -0.4 is 0 Å². The summed E-state index contributed by atoms with van der Waals surface area (Å²) in [7, 11) is 0. The highest BCUT2D eigenvalue weighted by molar-refractivity contribution is 8.18. The van der Waals surface area contributed by atoms with Crippen molar-refractivity contribution in [1.82, 2.24) is 4.90 Å². The molecular weight excluding hydrogens is 366 g/mol. The van der Waals surface area contributed by atoms with Gasteiger partial charge in [-0.3, -0.25) is 14.5 Å². The van der Waals surface area contributed by atoms with Crippen molar-refractivity contribution in [1.29, 1.82) is 0 Å². The van der Waals surface area contributed by atoms with Gasteiger partial charge in [0.05, 0.1) is 11.4 Å². The zero-order valence-electron chi connectivity index (χ0n) is 15.0. The molecule has 3 nitrogen and oxygen atoms in total. The lowest BCUT2D eigenvalue weighted by Crippen LogP contribution is -2.27. The molecule has 1 fully saturated rings. The Kier molecular flexibility index (Phi) is 5.26. The van der Waals surface area contributed by atoms with Crippen molar-refractivity contribution in [2.24, 2.45) is 0 Å². The second-order valence-corrected chi connectivity index (χ2v) is 8.70. The Morgan fingerprint density at radius 1 is 1.08 bits per heavy atom. The molecule has 0 saturated carbocycles. The molecule has 0 N–H and O–H groups in total. The predicted molar refractivity (Wildman–Crippen MR) is 108 cm³/mol. The van der Waals surface area contributed by atoms with Crippen LogP contribution in [0.5, 0.6) is 0 Å². The number of carbonyl (C=O) groups is 2. The largest absolute Gasteiger partial charge is 0.293 e. The standard InChI is InChI=1S/C21H20ClNO2S/c1-21(2,3)16-9-7-14(8-10-16)12-18-19(24)23(20(25)26-18)13-15-5-4-6-17(22)11-15/h4-12H,13H2,1-3H3/b18-12-. The van der Waals surface area contributed by atoms with Crippen LogP contribution in [0.1, 0.15) is 37.5 Å². The van der Waals surface area contributed by atoms with Crippen molar-refractivity contribution in [2.45, 2.75) is 32.7 Å². The number of amides is 2. The summed E-state index contributed by atoms with van der Waals surface area (Å²) in [6.45, 7) is 6.70. The zero-order chi connectivity index (χ0) is 18.9. The molecule has 2 amide bonds. The molecule has 1 heterocycles. The third-order valence-electron chi connectivity index (χ3n) is 4.18. The maximum atomic E-state index is 12.6. The quantitative estimate of drug-likeness (QED) is 0.619. The van der Waals surface area contributed by atoms with Crippen LogP contribution in [0.2, 0.25) is 5.02 Å². The van der Waals surface area contributed by atoms with Crippen LogP contribution >= 0.6 is 23.4 Å². The first-order chi connectivity index (χ1) is 12.2. The van der Waals surface area contributed by atoms with Crippen molar-refractivity contribution in [3.63, 3.8) is 0 Å². The molecule has 1 aliphatic rings. The van der Waals surface area contributed by atoms with E-state index < -0.39 is 0 Å². The van der Waals surface area contributed by atoms with Crippen molar-refractivity contribution < 1.29 is 9.59 Å². The van der Waals surface area contributed by atoms with Gasteiger partial charge in [0.1, 0.15) is 0 Å². The Morgan fingerprint density at radius 3 is 2.38 bits per heavy atom. The maximum Gasteiger partial charge on any atom is 0.293 e. The third-order valence-corrected chi connectivity index (χ3v) is 5.32. The minimum Gasteiger partial charge on any atom is -0.268 e. The number of carbonyl (C=O) groups excluding carboxylic acids is 2. The van der Waals surface area contributed by atoms with E-state index in [0.717, 1.165) is 22.9 Å². The van der Waals surface area contributed by atoms with Crippen molar-refractivity contribution in [3.8, 4) is 0 Å². The van der Waals surface area contributed by atoms with Crippen LogP contribution in [0, 0.1) is 0 Å². The van der Waals surface area contributed by atoms with Gasteiger partial charge in [-0.15, -0.1) is 0 Å². The molecule has 0 aliphatic carbocycles.